The first-order chi connectivity index (χ1) is 9.13. The van der Waals surface area contributed by atoms with E-state index in [-0.39, 0.29) is 11.8 Å². The van der Waals surface area contributed by atoms with E-state index in [1.165, 1.54) is 12.1 Å². The Kier molecular flexibility index (Phi) is 2.74. The minimum absolute atomic E-state index is 0.132. The fourth-order valence-electron chi connectivity index (χ4n) is 2.11. The van der Waals surface area contributed by atoms with E-state index in [0.29, 0.717) is 18.0 Å². The van der Waals surface area contributed by atoms with Crippen molar-refractivity contribution in [3.05, 3.63) is 53.6 Å². The van der Waals surface area contributed by atoms with Crippen LogP contribution in [0.15, 0.2) is 36.4 Å². The van der Waals surface area contributed by atoms with Crippen LogP contribution >= 0.6 is 0 Å². The van der Waals surface area contributed by atoms with Gasteiger partial charge in [-0.25, -0.2) is 8.78 Å². The lowest BCUT2D eigenvalue weighted by Crippen LogP contribution is -2.12. The number of hydrogen-bond acceptors (Lipinski definition) is 3. The number of phenols is 1. The lowest BCUT2D eigenvalue weighted by atomic mass is 10.1. The highest BCUT2D eigenvalue weighted by Gasteiger charge is 2.24. The SMILES string of the molecule is Oc1ccc2c(c1)OCC2Nc1ccc(F)c(F)c1. The molecule has 0 amide bonds. The standard InChI is InChI=1S/C14H11F2NO2/c15-11-4-1-8(5-12(11)16)17-13-7-19-14-6-9(18)2-3-10(13)14/h1-6,13,17-18H,7H2. The van der Waals surface area contributed by atoms with Crippen molar-refractivity contribution in [2.45, 2.75) is 6.04 Å². The average molecular weight is 263 g/mol. The smallest absolute Gasteiger partial charge is 0.160 e. The third kappa shape index (κ3) is 2.19. The molecule has 0 aromatic heterocycles. The van der Waals surface area contributed by atoms with E-state index in [1.807, 2.05) is 0 Å². The van der Waals surface area contributed by atoms with Gasteiger partial charge in [0.2, 0.25) is 0 Å². The number of halogens is 2. The predicted octanol–water partition coefficient (Wildman–Crippen LogP) is 3.22. The molecule has 3 rings (SSSR count). The largest absolute Gasteiger partial charge is 0.508 e. The molecule has 0 bridgehead atoms. The lowest BCUT2D eigenvalue weighted by Gasteiger charge is -2.13. The summed E-state index contributed by atoms with van der Waals surface area (Å²) in [6, 6.07) is 8.33. The Balaban J connectivity index is 1.84. The van der Waals surface area contributed by atoms with Gasteiger partial charge in [0.25, 0.3) is 0 Å². The molecule has 1 atom stereocenters. The van der Waals surface area contributed by atoms with Crippen LogP contribution in [-0.4, -0.2) is 11.7 Å². The summed E-state index contributed by atoms with van der Waals surface area (Å²) in [5.74, 6) is -1.04. The minimum atomic E-state index is -0.894. The van der Waals surface area contributed by atoms with Crippen LogP contribution in [0.25, 0.3) is 0 Å². The number of rotatable bonds is 2. The Hall–Kier alpha value is -2.30. The van der Waals surface area contributed by atoms with Gasteiger partial charge in [-0.2, -0.15) is 0 Å². The van der Waals surface area contributed by atoms with Gasteiger partial charge < -0.3 is 15.2 Å². The molecule has 2 aromatic carbocycles. The highest BCUT2D eigenvalue weighted by Crippen LogP contribution is 2.36. The van der Waals surface area contributed by atoms with Crippen molar-refractivity contribution in [1.29, 1.82) is 0 Å². The first-order valence-corrected chi connectivity index (χ1v) is 5.81. The van der Waals surface area contributed by atoms with Gasteiger partial charge in [-0.05, 0) is 24.3 Å². The molecule has 3 nitrogen and oxygen atoms in total. The van der Waals surface area contributed by atoms with Crippen LogP contribution < -0.4 is 10.1 Å². The van der Waals surface area contributed by atoms with Crippen molar-refractivity contribution in [3.63, 3.8) is 0 Å². The summed E-state index contributed by atoms with van der Waals surface area (Å²) in [5.41, 5.74) is 1.36. The molecule has 0 saturated carbocycles. The van der Waals surface area contributed by atoms with E-state index in [4.69, 9.17) is 4.74 Å². The normalized spacial score (nSPS) is 16.8. The van der Waals surface area contributed by atoms with Crippen molar-refractivity contribution in [1.82, 2.24) is 0 Å². The molecule has 0 aliphatic carbocycles. The van der Waals surface area contributed by atoms with Crippen LogP contribution in [0.3, 0.4) is 0 Å². The van der Waals surface area contributed by atoms with Crippen LogP contribution in [0, 0.1) is 11.6 Å². The van der Waals surface area contributed by atoms with Gasteiger partial charge in [-0.1, -0.05) is 0 Å². The fourth-order valence-corrected chi connectivity index (χ4v) is 2.11. The fraction of sp³-hybridized carbons (Fsp3) is 0.143. The molecule has 0 radical (unpaired) electrons. The van der Waals surface area contributed by atoms with Gasteiger partial charge in [0.1, 0.15) is 18.1 Å². The highest BCUT2D eigenvalue weighted by molar-refractivity contribution is 5.51. The highest BCUT2D eigenvalue weighted by atomic mass is 19.2. The lowest BCUT2D eigenvalue weighted by molar-refractivity contribution is 0.338. The summed E-state index contributed by atoms with van der Waals surface area (Å²) in [6.07, 6.45) is 0. The van der Waals surface area contributed by atoms with E-state index >= 15 is 0 Å². The van der Waals surface area contributed by atoms with Crippen LogP contribution in [0.2, 0.25) is 0 Å². The number of aromatic hydroxyl groups is 1. The maximum Gasteiger partial charge on any atom is 0.160 e. The zero-order valence-electron chi connectivity index (χ0n) is 9.86. The van der Waals surface area contributed by atoms with Crippen molar-refractivity contribution < 1.29 is 18.6 Å². The van der Waals surface area contributed by atoms with Gasteiger partial charge in [-0.15, -0.1) is 0 Å². The van der Waals surface area contributed by atoms with Gasteiger partial charge in [0, 0.05) is 23.4 Å². The number of ether oxygens (including phenoxy) is 1. The monoisotopic (exact) mass is 263 g/mol. The first kappa shape index (κ1) is 11.8. The second kappa shape index (κ2) is 4.42. The van der Waals surface area contributed by atoms with Crippen LogP contribution in [-0.2, 0) is 0 Å². The molecule has 1 heterocycles. The molecule has 0 fully saturated rings. The van der Waals surface area contributed by atoms with Crippen molar-refractivity contribution in [3.8, 4) is 11.5 Å². The average Bonchev–Trinajstić information content (AvgIpc) is 2.76. The molecule has 0 saturated heterocycles. The zero-order chi connectivity index (χ0) is 13.4. The van der Waals surface area contributed by atoms with Gasteiger partial charge in [0.15, 0.2) is 11.6 Å². The number of hydrogen-bond donors (Lipinski definition) is 2. The van der Waals surface area contributed by atoms with Gasteiger partial charge >= 0.3 is 0 Å². The Morgan fingerprint density at radius 3 is 2.74 bits per heavy atom. The van der Waals surface area contributed by atoms with E-state index in [9.17, 15) is 13.9 Å². The van der Waals surface area contributed by atoms with Crippen LogP contribution in [0.4, 0.5) is 14.5 Å². The number of benzene rings is 2. The summed E-state index contributed by atoms with van der Waals surface area (Å²) in [5, 5.41) is 12.4. The number of nitrogens with one attached hydrogen (secondary N) is 1. The number of fused-ring (bicyclic) bond motifs is 1. The zero-order valence-corrected chi connectivity index (χ0v) is 9.86. The molecule has 1 unspecified atom stereocenters. The maximum atomic E-state index is 13.1. The molecule has 98 valence electrons. The molecule has 0 spiro atoms. The van der Waals surface area contributed by atoms with Crippen LogP contribution in [0.5, 0.6) is 11.5 Å². The first-order valence-electron chi connectivity index (χ1n) is 5.81. The molecule has 5 heteroatoms. The molecule has 19 heavy (non-hydrogen) atoms. The summed E-state index contributed by atoms with van der Waals surface area (Å²) < 4.78 is 31.4. The van der Waals surface area contributed by atoms with E-state index in [2.05, 4.69) is 5.32 Å². The molecular formula is C14H11F2NO2. The second-order valence-corrected chi connectivity index (χ2v) is 4.36. The number of phenolic OH excluding ortho intramolecular Hbond substituents is 1. The predicted molar refractivity (Wildman–Crippen MR) is 66.3 cm³/mol. The van der Waals surface area contributed by atoms with Gasteiger partial charge in [-0.3, -0.25) is 0 Å². The third-order valence-corrected chi connectivity index (χ3v) is 3.04. The summed E-state index contributed by atoms with van der Waals surface area (Å²) in [6.45, 7) is 0.373. The summed E-state index contributed by atoms with van der Waals surface area (Å²) >= 11 is 0. The van der Waals surface area contributed by atoms with E-state index in [0.717, 1.165) is 17.7 Å². The van der Waals surface area contributed by atoms with Crippen LogP contribution in [0.1, 0.15) is 11.6 Å². The van der Waals surface area contributed by atoms with Gasteiger partial charge in [0.05, 0.1) is 6.04 Å². The quantitative estimate of drug-likeness (QED) is 0.874. The Bertz CT molecular complexity index is 631. The van der Waals surface area contributed by atoms with Crippen molar-refractivity contribution >= 4 is 5.69 Å². The van der Waals surface area contributed by atoms with E-state index in [1.54, 1.807) is 12.1 Å². The Morgan fingerprint density at radius 1 is 1.11 bits per heavy atom. The minimum Gasteiger partial charge on any atom is -0.508 e. The molecule has 1 aliphatic rings. The molecular weight excluding hydrogens is 252 g/mol. The van der Waals surface area contributed by atoms with E-state index < -0.39 is 11.6 Å². The maximum absolute atomic E-state index is 13.1. The van der Waals surface area contributed by atoms with Crippen molar-refractivity contribution in [2.75, 3.05) is 11.9 Å². The topological polar surface area (TPSA) is 41.5 Å². The summed E-state index contributed by atoms with van der Waals surface area (Å²) in [4.78, 5) is 0. The van der Waals surface area contributed by atoms with Crippen molar-refractivity contribution in [2.24, 2.45) is 0 Å². The Morgan fingerprint density at radius 2 is 1.95 bits per heavy atom. The Labute approximate surface area is 108 Å². The molecule has 1 aliphatic heterocycles. The third-order valence-electron chi connectivity index (χ3n) is 3.04. The molecule has 2 N–H and O–H groups in total. The number of anilines is 1. The second-order valence-electron chi connectivity index (χ2n) is 4.36. The molecule has 2 aromatic rings. The summed E-state index contributed by atoms with van der Waals surface area (Å²) in [7, 11) is 0.